The Bertz CT molecular complexity index is 1070. The Morgan fingerprint density at radius 1 is 0.815 bits per heavy atom. The van der Waals surface area contributed by atoms with Gasteiger partial charge in [-0.05, 0) is 54.7 Å². The largest absolute Gasteiger partial charge is 0.252 e. The van der Waals surface area contributed by atoms with Crippen LogP contribution in [0.4, 0.5) is 0 Å². The summed E-state index contributed by atoms with van der Waals surface area (Å²) in [7, 11) is -7.26. The van der Waals surface area contributed by atoms with Crippen LogP contribution in [-0.4, -0.2) is 51.6 Å². The summed E-state index contributed by atoms with van der Waals surface area (Å²) in [5.74, 6) is 0. The van der Waals surface area contributed by atoms with Crippen molar-refractivity contribution >= 4 is 43.0 Å². The summed E-state index contributed by atoms with van der Waals surface area (Å²) in [6.45, 7) is 0.527. The summed E-state index contributed by atoms with van der Waals surface area (Å²) in [6.07, 6.45) is 2.97. The predicted molar refractivity (Wildman–Crippen MR) is 105 cm³/mol. The Morgan fingerprint density at radius 2 is 1.44 bits per heavy atom. The van der Waals surface area contributed by atoms with Crippen LogP contribution < -0.4 is 0 Å². The van der Waals surface area contributed by atoms with Crippen LogP contribution in [-0.2, 0) is 32.9 Å². The van der Waals surface area contributed by atoms with Gasteiger partial charge >= 0.3 is 0 Å². The molecule has 2 aliphatic rings. The average Bonchev–Trinajstić information content (AvgIpc) is 3.30. The fourth-order valence-corrected chi connectivity index (χ4v) is 8.10. The lowest BCUT2D eigenvalue weighted by molar-refractivity contribution is 0.273. The molecule has 1 aromatic heterocycles. The van der Waals surface area contributed by atoms with E-state index < -0.39 is 20.0 Å². The van der Waals surface area contributed by atoms with Gasteiger partial charge in [-0.3, -0.25) is 0 Å². The molecule has 1 fully saturated rings. The van der Waals surface area contributed by atoms with Gasteiger partial charge in [-0.1, -0.05) is 17.7 Å². The van der Waals surface area contributed by atoms with Crippen LogP contribution in [0.1, 0.15) is 17.5 Å². The topological polar surface area (TPSA) is 74.8 Å². The van der Waals surface area contributed by atoms with E-state index in [0.717, 1.165) is 36.2 Å². The highest BCUT2D eigenvalue weighted by atomic mass is 35.5. The number of rotatable bonds is 4. The minimum Gasteiger partial charge on any atom is -0.207 e. The maximum atomic E-state index is 13.0. The van der Waals surface area contributed by atoms with Crippen molar-refractivity contribution in [2.45, 2.75) is 28.4 Å². The average molecular weight is 447 g/mol. The van der Waals surface area contributed by atoms with Gasteiger partial charge in [0.05, 0.1) is 9.23 Å². The van der Waals surface area contributed by atoms with E-state index in [1.165, 1.54) is 20.2 Å². The molecule has 2 aromatic rings. The monoisotopic (exact) mass is 446 g/mol. The van der Waals surface area contributed by atoms with Gasteiger partial charge in [0, 0.05) is 26.2 Å². The van der Waals surface area contributed by atoms with E-state index in [0.29, 0.717) is 9.23 Å². The van der Waals surface area contributed by atoms with E-state index in [2.05, 4.69) is 0 Å². The number of sulfonamides is 2. The summed E-state index contributed by atoms with van der Waals surface area (Å²) in [4.78, 5) is 0.296. The van der Waals surface area contributed by atoms with Crippen molar-refractivity contribution in [3.05, 3.63) is 45.8 Å². The van der Waals surface area contributed by atoms with E-state index >= 15 is 0 Å². The highest BCUT2D eigenvalue weighted by molar-refractivity contribution is 7.91. The zero-order valence-electron chi connectivity index (χ0n) is 14.5. The molecule has 27 heavy (non-hydrogen) atoms. The van der Waals surface area contributed by atoms with Gasteiger partial charge < -0.3 is 0 Å². The second-order valence-corrected chi connectivity index (χ2v) is 12.5. The number of hydrogen-bond acceptors (Lipinski definition) is 5. The first-order valence-corrected chi connectivity index (χ1v) is 12.7. The lowest BCUT2D eigenvalue weighted by Gasteiger charge is -2.33. The second kappa shape index (κ2) is 7.13. The summed E-state index contributed by atoms with van der Waals surface area (Å²) < 4.78 is 54.5. The fraction of sp³-hybridized carbons (Fsp3) is 0.412. The molecule has 0 N–H and O–H groups in total. The van der Waals surface area contributed by atoms with Gasteiger partial charge in [0.15, 0.2) is 0 Å². The van der Waals surface area contributed by atoms with Crippen molar-refractivity contribution in [3.8, 4) is 0 Å². The molecule has 0 amide bonds. The standard InChI is InChI=1S/C17H19ClN2O4S3/c18-16-6-7-17(25-16)27(23,24)20-10-8-19(9-11-20)26(21,22)15-5-4-13-2-1-3-14(13)12-15/h4-7,12H,1-3,8-11H2. The van der Waals surface area contributed by atoms with Crippen molar-refractivity contribution in [1.29, 1.82) is 0 Å². The molecule has 1 saturated heterocycles. The molecule has 146 valence electrons. The zero-order chi connectivity index (χ0) is 19.2. The Kier molecular flexibility index (Phi) is 5.11. The first kappa shape index (κ1) is 19.4. The molecular weight excluding hydrogens is 428 g/mol. The molecule has 0 atom stereocenters. The van der Waals surface area contributed by atoms with Gasteiger partial charge in [0.2, 0.25) is 10.0 Å². The number of piperazine rings is 1. The molecule has 2 heterocycles. The number of aryl methyl sites for hydroxylation is 2. The molecule has 1 aromatic carbocycles. The first-order chi connectivity index (χ1) is 12.8. The van der Waals surface area contributed by atoms with Crippen LogP contribution in [0, 0.1) is 0 Å². The Balaban J connectivity index is 1.50. The predicted octanol–water partition coefficient (Wildman–Crippen LogP) is 2.59. The van der Waals surface area contributed by atoms with Gasteiger partial charge in [-0.15, -0.1) is 11.3 Å². The lowest BCUT2D eigenvalue weighted by Crippen LogP contribution is -2.50. The maximum Gasteiger partial charge on any atom is 0.252 e. The van der Waals surface area contributed by atoms with Crippen molar-refractivity contribution in [1.82, 2.24) is 8.61 Å². The van der Waals surface area contributed by atoms with E-state index in [4.69, 9.17) is 11.6 Å². The maximum absolute atomic E-state index is 13.0. The number of fused-ring (bicyclic) bond motifs is 1. The third-order valence-electron chi connectivity index (χ3n) is 5.05. The SMILES string of the molecule is O=S(=O)(c1ccc2c(c1)CCC2)N1CCN(S(=O)(=O)c2ccc(Cl)s2)CC1. The lowest BCUT2D eigenvalue weighted by atomic mass is 10.1. The van der Waals surface area contributed by atoms with E-state index in [1.54, 1.807) is 18.2 Å². The third-order valence-corrected chi connectivity index (χ3v) is 10.5. The number of thiophene rings is 1. The minimum atomic E-state index is -3.64. The van der Waals surface area contributed by atoms with Crippen molar-refractivity contribution in [2.24, 2.45) is 0 Å². The van der Waals surface area contributed by atoms with Crippen LogP contribution >= 0.6 is 22.9 Å². The number of hydrogen-bond donors (Lipinski definition) is 0. The summed E-state index contributed by atoms with van der Waals surface area (Å²) in [6, 6.07) is 8.37. The Morgan fingerprint density at radius 3 is 2.07 bits per heavy atom. The van der Waals surface area contributed by atoms with E-state index in [-0.39, 0.29) is 30.4 Å². The molecule has 0 unspecified atom stereocenters. The van der Waals surface area contributed by atoms with Crippen molar-refractivity contribution in [3.63, 3.8) is 0 Å². The molecule has 0 bridgehead atoms. The molecule has 4 rings (SSSR count). The highest BCUT2D eigenvalue weighted by Crippen LogP contribution is 2.30. The normalized spacial score (nSPS) is 19.3. The molecule has 0 spiro atoms. The second-order valence-electron chi connectivity index (χ2n) is 6.65. The third kappa shape index (κ3) is 3.56. The first-order valence-electron chi connectivity index (χ1n) is 8.66. The quantitative estimate of drug-likeness (QED) is 0.723. The number of nitrogens with zero attached hydrogens (tertiary/aromatic N) is 2. The molecule has 6 nitrogen and oxygen atoms in total. The smallest absolute Gasteiger partial charge is 0.207 e. The zero-order valence-corrected chi connectivity index (χ0v) is 17.7. The molecule has 1 aliphatic carbocycles. The van der Waals surface area contributed by atoms with Crippen LogP contribution in [0.15, 0.2) is 39.4 Å². The number of halogens is 1. The van der Waals surface area contributed by atoms with Crippen molar-refractivity contribution < 1.29 is 16.8 Å². The van der Waals surface area contributed by atoms with Gasteiger partial charge in [-0.25, -0.2) is 16.8 Å². The molecular formula is C17H19ClN2O4S3. The van der Waals surface area contributed by atoms with Gasteiger partial charge in [0.25, 0.3) is 10.0 Å². The van der Waals surface area contributed by atoms with E-state index in [9.17, 15) is 16.8 Å². The molecule has 10 heteroatoms. The molecule has 1 aliphatic heterocycles. The van der Waals surface area contributed by atoms with E-state index in [1.807, 2.05) is 6.07 Å². The van der Waals surface area contributed by atoms with Crippen LogP contribution in [0.2, 0.25) is 4.34 Å². The fourth-order valence-electron chi connectivity index (χ4n) is 3.57. The summed E-state index contributed by atoms with van der Waals surface area (Å²) >= 11 is 6.85. The Labute approximate surface area is 168 Å². The number of benzene rings is 1. The van der Waals surface area contributed by atoms with Gasteiger partial charge in [-0.2, -0.15) is 8.61 Å². The van der Waals surface area contributed by atoms with Crippen LogP contribution in [0.5, 0.6) is 0 Å². The minimum absolute atomic E-state index is 0.127. The van der Waals surface area contributed by atoms with Crippen LogP contribution in [0.25, 0.3) is 0 Å². The van der Waals surface area contributed by atoms with Gasteiger partial charge in [0.1, 0.15) is 4.21 Å². The summed E-state index contributed by atoms with van der Waals surface area (Å²) in [5, 5.41) is 0. The highest BCUT2D eigenvalue weighted by Gasteiger charge is 2.34. The summed E-state index contributed by atoms with van der Waals surface area (Å²) in [5.41, 5.74) is 2.33. The van der Waals surface area contributed by atoms with Crippen LogP contribution in [0.3, 0.4) is 0 Å². The Hall–Kier alpha value is -0.970. The molecule has 0 radical (unpaired) electrons. The molecule has 0 saturated carbocycles. The van der Waals surface area contributed by atoms with Crippen molar-refractivity contribution in [2.75, 3.05) is 26.2 Å².